The second-order valence-corrected chi connectivity index (χ2v) is 3.51. The molecule has 4 nitrogen and oxygen atoms in total. The van der Waals surface area contributed by atoms with Crippen molar-refractivity contribution in [3.8, 4) is 11.3 Å². The highest BCUT2D eigenvalue weighted by Crippen LogP contribution is 2.24. The molecule has 3 N–H and O–H groups in total. The number of aryl methyl sites for hydroxylation is 1. The van der Waals surface area contributed by atoms with E-state index >= 15 is 0 Å². The number of nitrogen functional groups attached to an aromatic ring is 1. The average molecular weight is 219 g/mol. The van der Waals surface area contributed by atoms with E-state index in [1.54, 1.807) is 13.0 Å². The van der Waals surface area contributed by atoms with Crippen molar-refractivity contribution in [2.45, 2.75) is 6.92 Å². The normalized spacial score (nSPS) is 10.4. The molecule has 1 aromatic heterocycles. The first kappa shape index (κ1) is 10.4. The van der Waals surface area contributed by atoms with Gasteiger partial charge in [0.15, 0.2) is 6.29 Å². The maximum Gasteiger partial charge on any atom is 0.150 e. The van der Waals surface area contributed by atoms with Crippen LogP contribution in [0.2, 0.25) is 0 Å². The fourth-order valence-electron chi connectivity index (χ4n) is 1.51. The molecular weight excluding hydrogens is 209 g/mol. The van der Waals surface area contributed by atoms with E-state index in [2.05, 4.69) is 10.2 Å². The Bertz CT molecular complexity index is 548. The lowest BCUT2D eigenvalue weighted by atomic mass is 10.0. The van der Waals surface area contributed by atoms with Crippen LogP contribution in [-0.2, 0) is 0 Å². The third kappa shape index (κ3) is 1.67. The summed E-state index contributed by atoms with van der Waals surface area (Å²) in [5, 5.41) is 6.38. The minimum absolute atomic E-state index is 0.299. The number of carbonyl (C=O) groups is 1. The van der Waals surface area contributed by atoms with E-state index < -0.39 is 0 Å². The van der Waals surface area contributed by atoms with Gasteiger partial charge < -0.3 is 5.73 Å². The summed E-state index contributed by atoms with van der Waals surface area (Å²) in [6.07, 6.45) is 0.679. The van der Waals surface area contributed by atoms with Gasteiger partial charge in [0, 0.05) is 17.2 Å². The third-order valence-corrected chi connectivity index (χ3v) is 2.35. The number of nitrogens with zero attached hydrogens (tertiary/aromatic N) is 1. The molecule has 0 aliphatic carbocycles. The van der Waals surface area contributed by atoms with Gasteiger partial charge in [-0.15, -0.1) is 0 Å². The molecule has 5 heteroatoms. The fourth-order valence-corrected chi connectivity index (χ4v) is 1.51. The number of H-pyrrole nitrogens is 1. The second-order valence-electron chi connectivity index (χ2n) is 3.51. The molecule has 0 atom stereocenters. The first-order valence-corrected chi connectivity index (χ1v) is 4.68. The van der Waals surface area contributed by atoms with Crippen LogP contribution in [0.1, 0.15) is 15.9 Å². The molecule has 0 fully saturated rings. The summed E-state index contributed by atoms with van der Waals surface area (Å²) in [5.74, 6) is -0.0680. The summed E-state index contributed by atoms with van der Waals surface area (Å²) >= 11 is 0. The van der Waals surface area contributed by atoms with Crippen molar-refractivity contribution in [1.29, 1.82) is 0 Å². The van der Waals surface area contributed by atoms with Gasteiger partial charge in [-0.1, -0.05) is 0 Å². The molecule has 0 spiro atoms. The number of hydrogen-bond donors (Lipinski definition) is 2. The molecule has 16 heavy (non-hydrogen) atoms. The van der Waals surface area contributed by atoms with Crippen LogP contribution in [0.3, 0.4) is 0 Å². The van der Waals surface area contributed by atoms with Gasteiger partial charge in [-0.05, 0) is 24.6 Å². The smallest absolute Gasteiger partial charge is 0.150 e. The number of aldehydes is 1. The maximum atomic E-state index is 13.4. The monoisotopic (exact) mass is 219 g/mol. The Balaban J connectivity index is 2.63. The first-order chi connectivity index (χ1) is 7.61. The minimum atomic E-state index is -0.367. The zero-order valence-corrected chi connectivity index (χ0v) is 8.62. The molecular formula is C11H10FN3O. The number of carbonyl (C=O) groups excluding carboxylic acids is 1. The standard InChI is InChI=1S/C11H10FN3O/c1-6-2-7(5-16)8(3-9(6)12)10-4-11(13)15-14-10/h2-5H,1H3,(H3,13,14,15). The van der Waals surface area contributed by atoms with Crippen LogP contribution in [0, 0.1) is 12.7 Å². The van der Waals surface area contributed by atoms with Crippen LogP contribution in [0.25, 0.3) is 11.3 Å². The lowest BCUT2D eigenvalue weighted by Gasteiger charge is -2.04. The maximum absolute atomic E-state index is 13.4. The number of rotatable bonds is 2. The molecule has 0 aliphatic rings. The van der Waals surface area contributed by atoms with E-state index in [9.17, 15) is 9.18 Å². The van der Waals surface area contributed by atoms with Crippen LogP contribution < -0.4 is 5.73 Å². The summed E-state index contributed by atoms with van der Waals surface area (Å²) in [6.45, 7) is 1.60. The highest BCUT2D eigenvalue weighted by atomic mass is 19.1. The van der Waals surface area contributed by atoms with Crippen LogP contribution in [0.4, 0.5) is 10.2 Å². The van der Waals surface area contributed by atoms with E-state index in [-0.39, 0.29) is 5.82 Å². The Kier molecular flexibility index (Phi) is 2.44. The fraction of sp³-hybridized carbons (Fsp3) is 0.0909. The number of hydrogen-bond acceptors (Lipinski definition) is 3. The largest absolute Gasteiger partial charge is 0.382 e. The predicted molar refractivity (Wildman–Crippen MR) is 58.5 cm³/mol. The molecule has 0 saturated heterocycles. The van der Waals surface area contributed by atoms with E-state index in [1.807, 2.05) is 0 Å². The summed E-state index contributed by atoms with van der Waals surface area (Å²) in [5.41, 5.74) is 7.27. The number of aromatic amines is 1. The van der Waals surface area contributed by atoms with Crippen LogP contribution in [-0.4, -0.2) is 16.5 Å². The molecule has 2 rings (SSSR count). The first-order valence-electron chi connectivity index (χ1n) is 4.68. The number of nitrogens with two attached hydrogens (primary N) is 1. The Morgan fingerprint density at radius 2 is 2.19 bits per heavy atom. The summed E-state index contributed by atoms with van der Waals surface area (Å²) in [7, 11) is 0. The number of benzene rings is 1. The molecule has 0 aliphatic heterocycles. The van der Waals surface area contributed by atoms with Crippen molar-refractivity contribution in [2.24, 2.45) is 0 Å². The average Bonchev–Trinajstić information content (AvgIpc) is 2.68. The number of nitrogens with one attached hydrogen (secondary N) is 1. The minimum Gasteiger partial charge on any atom is -0.382 e. The van der Waals surface area contributed by atoms with E-state index in [0.717, 1.165) is 0 Å². The Labute approximate surface area is 91.3 Å². The highest BCUT2D eigenvalue weighted by molar-refractivity contribution is 5.87. The van der Waals surface area contributed by atoms with E-state index in [4.69, 9.17) is 5.73 Å². The van der Waals surface area contributed by atoms with E-state index in [0.29, 0.717) is 34.5 Å². The summed E-state index contributed by atoms with van der Waals surface area (Å²) in [6, 6.07) is 4.35. The SMILES string of the molecule is Cc1cc(C=O)c(-c2cc(N)n[nH]2)cc1F. The molecule has 82 valence electrons. The lowest BCUT2D eigenvalue weighted by molar-refractivity contribution is 0.112. The van der Waals surface area contributed by atoms with Crippen molar-refractivity contribution in [1.82, 2.24) is 10.2 Å². The summed E-state index contributed by atoms with van der Waals surface area (Å²) in [4.78, 5) is 10.9. The second kappa shape index (κ2) is 3.77. The van der Waals surface area contributed by atoms with Gasteiger partial charge in [0.2, 0.25) is 0 Å². The van der Waals surface area contributed by atoms with E-state index in [1.165, 1.54) is 12.1 Å². The van der Waals surface area contributed by atoms with Crippen molar-refractivity contribution in [2.75, 3.05) is 5.73 Å². The zero-order chi connectivity index (χ0) is 11.7. The number of halogens is 1. The van der Waals surface area contributed by atoms with Crippen molar-refractivity contribution in [3.05, 3.63) is 35.1 Å². The van der Waals surface area contributed by atoms with Crippen LogP contribution in [0.5, 0.6) is 0 Å². The molecule has 0 saturated carbocycles. The molecule has 1 aromatic carbocycles. The predicted octanol–water partition coefficient (Wildman–Crippen LogP) is 1.92. The molecule has 2 aromatic rings. The quantitative estimate of drug-likeness (QED) is 0.758. The topological polar surface area (TPSA) is 71.8 Å². The van der Waals surface area contributed by atoms with Gasteiger partial charge in [-0.25, -0.2) is 4.39 Å². The summed E-state index contributed by atoms with van der Waals surface area (Å²) < 4.78 is 13.4. The molecule has 0 amide bonds. The molecule has 1 heterocycles. The van der Waals surface area contributed by atoms with Crippen LogP contribution in [0.15, 0.2) is 18.2 Å². The third-order valence-electron chi connectivity index (χ3n) is 2.35. The Morgan fingerprint density at radius 3 is 2.75 bits per heavy atom. The van der Waals surface area contributed by atoms with Crippen LogP contribution >= 0.6 is 0 Å². The van der Waals surface area contributed by atoms with Gasteiger partial charge in [-0.2, -0.15) is 5.10 Å². The van der Waals surface area contributed by atoms with Crippen molar-refractivity contribution < 1.29 is 9.18 Å². The van der Waals surface area contributed by atoms with Gasteiger partial charge in [-0.3, -0.25) is 9.89 Å². The highest BCUT2D eigenvalue weighted by Gasteiger charge is 2.10. The molecule has 0 radical (unpaired) electrons. The van der Waals surface area contributed by atoms with Crippen molar-refractivity contribution in [3.63, 3.8) is 0 Å². The number of anilines is 1. The van der Waals surface area contributed by atoms with Gasteiger partial charge in [0.05, 0.1) is 5.69 Å². The van der Waals surface area contributed by atoms with Gasteiger partial charge >= 0.3 is 0 Å². The van der Waals surface area contributed by atoms with Gasteiger partial charge in [0.1, 0.15) is 11.6 Å². The zero-order valence-electron chi connectivity index (χ0n) is 8.62. The Hall–Kier alpha value is -2.17. The van der Waals surface area contributed by atoms with Gasteiger partial charge in [0.25, 0.3) is 0 Å². The molecule has 0 unspecified atom stereocenters. The molecule has 0 bridgehead atoms. The Morgan fingerprint density at radius 1 is 1.44 bits per heavy atom. The number of aromatic nitrogens is 2. The van der Waals surface area contributed by atoms with Crippen molar-refractivity contribution >= 4 is 12.1 Å². The lowest BCUT2D eigenvalue weighted by Crippen LogP contribution is -1.93.